The minimum atomic E-state index is -0.106. The first-order valence-corrected chi connectivity index (χ1v) is 5.99. The SMILES string of the molecule is COC(=O)C1CC2(c3ccccn3)CC1CN2. The summed E-state index contributed by atoms with van der Waals surface area (Å²) in [6, 6.07) is 5.95. The minimum absolute atomic E-state index is 0.0308. The van der Waals surface area contributed by atoms with E-state index in [1.807, 2.05) is 24.4 Å². The second-order valence-electron chi connectivity index (χ2n) is 4.98. The van der Waals surface area contributed by atoms with Crippen molar-refractivity contribution in [1.29, 1.82) is 0 Å². The molecule has 1 aromatic rings. The molecule has 0 spiro atoms. The van der Waals surface area contributed by atoms with Crippen molar-refractivity contribution in [3.8, 4) is 0 Å². The number of fused-ring (bicyclic) bond motifs is 2. The Hall–Kier alpha value is -1.42. The molecule has 1 aliphatic carbocycles. The normalized spacial score (nSPS) is 34.9. The predicted molar refractivity (Wildman–Crippen MR) is 62.1 cm³/mol. The standard InChI is InChI=1S/C13H16N2O2/c1-17-12(16)10-7-13(6-9(10)8-15-13)11-4-2-3-5-14-11/h2-5,9-10,15H,6-8H2,1H3. The van der Waals surface area contributed by atoms with E-state index < -0.39 is 0 Å². The lowest BCUT2D eigenvalue weighted by Gasteiger charge is -2.29. The molecule has 90 valence electrons. The third-order valence-electron chi connectivity index (χ3n) is 4.11. The second-order valence-corrected chi connectivity index (χ2v) is 4.98. The molecular weight excluding hydrogens is 216 g/mol. The van der Waals surface area contributed by atoms with E-state index in [0.29, 0.717) is 5.92 Å². The molecule has 3 rings (SSSR count). The van der Waals surface area contributed by atoms with Crippen LogP contribution in [0.25, 0.3) is 0 Å². The number of nitrogens with one attached hydrogen (secondary N) is 1. The first kappa shape index (κ1) is 10.7. The topological polar surface area (TPSA) is 51.2 Å². The molecule has 1 aromatic heterocycles. The molecule has 1 N–H and O–H groups in total. The van der Waals surface area contributed by atoms with Crippen molar-refractivity contribution in [3.05, 3.63) is 30.1 Å². The quantitative estimate of drug-likeness (QED) is 0.775. The zero-order valence-corrected chi connectivity index (χ0v) is 9.85. The van der Waals surface area contributed by atoms with Crippen molar-refractivity contribution in [3.63, 3.8) is 0 Å². The maximum atomic E-state index is 11.7. The summed E-state index contributed by atoms with van der Waals surface area (Å²) in [6.45, 7) is 0.885. The van der Waals surface area contributed by atoms with Crippen molar-refractivity contribution < 1.29 is 9.53 Å². The van der Waals surface area contributed by atoms with Crippen LogP contribution in [0.3, 0.4) is 0 Å². The van der Waals surface area contributed by atoms with Gasteiger partial charge in [0.15, 0.2) is 0 Å². The lowest BCUT2D eigenvalue weighted by Crippen LogP contribution is -2.42. The molecule has 3 atom stereocenters. The number of hydrogen-bond acceptors (Lipinski definition) is 4. The number of carbonyl (C=O) groups is 1. The first-order valence-electron chi connectivity index (χ1n) is 5.99. The molecule has 17 heavy (non-hydrogen) atoms. The predicted octanol–water partition coefficient (Wildman–Crippen LogP) is 1.08. The van der Waals surface area contributed by atoms with Gasteiger partial charge in [-0.3, -0.25) is 9.78 Å². The van der Waals surface area contributed by atoms with Crippen LogP contribution in [0.5, 0.6) is 0 Å². The van der Waals surface area contributed by atoms with Gasteiger partial charge in [0.2, 0.25) is 0 Å². The van der Waals surface area contributed by atoms with E-state index in [-0.39, 0.29) is 17.4 Å². The molecule has 3 unspecified atom stereocenters. The number of carbonyl (C=O) groups excluding carboxylic acids is 1. The third kappa shape index (κ3) is 1.55. The monoisotopic (exact) mass is 232 g/mol. The molecule has 2 aliphatic rings. The lowest BCUT2D eigenvalue weighted by molar-refractivity contribution is -0.147. The Bertz CT molecular complexity index is 434. The van der Waals surface area contributed by atoms with Crippen molar-refractivity contribution in [2.24, 2.45) is 11.8 Å². The lowest BCUT2D eigenvalue weighted by atomic mass is 9.90. The summed E-state index contributed by atoms with van der Waals surface area (Å²) in [5.74, 6) is 0.349. The first-order chi connectivity index (χ1) is 8.25. The highest BCUT2D eigenvalue weighted by Crippen LogP contribution is 2.49. The highest BCUT2D eigenvalue weighted by molar-refractivity contribution is 5.73. The van der Waals surface area contributed by atoms with Crippen LogP contribution < -0.4 is 5.32 Å². The van der Waals surface area contributed by atoms with Gasteiger partial charge in [-0.25, -0.2) is 0 Å². The van der Waals surface area contributed by atoms with Gasteiger partial charge in [0.25, 0.3) is 0 Å². The maximum absolute atomic E-state index is 11.7. The van der Waals surface area contributed by atoms with E-state index in [4.69, 9.17) is 4.74 Å². The van der Waals surface area contributed by atoms with Crippen LogP contribution in [0, 0.1) is 11.8 Å². The number of nitrogens with zero attached hydrogens (tertiary/aromatic N) is 1. The van der Waals surface area contributed by atoms with Crippen LogP contribution >= 0.6 is 0 Å². The van der Waals surface area contributed by atoms with Crippen molar-refractivity contribution in [2.45, 2.75) is 18.4 Å². The van der Waals surface area contributed by atoms with E-state index in [1.165, 1.54) is 7.11 Å². The number of aromatic nitrogens is 1. The molecule has 0 aromatic carbocycles. The summed E-state index contributed by atoms with van der Waals surface area (Å²) >= 11 is 0. The second kappa shape index (κ2) is 3.81. The zero-order chi connectivity index (χ0) is 11.9. The molecule has 1 saturated heterocycles. The molecule has 1 aliphatic heterocycles. The maximum Gasteiger partial charge on any atom is 0.309 e. The summed E-state index contributed by atoms with van der Waals surface area (Å²) in [4.78, 5) is 16.1. The van der Waals surface area contributed by atoms with Crippen molar-refractivity contribution >= 4 is 5.97 Å². The van der Waals surface area contributed by atoms with Gasteiger partial charge >= 0.3 is 5.97 Å². The van der Waals surface area contributed by atoms with Gasteiger partial charge < -0.3 is 10.1 Å². The van der Waals surface area contributed by atoms with Crippen molar-refractivity contribution in [2.75, 3.05) is 13.7 Å². The smallest absolute Gasteiger partial charge is 0.309 e. The number of hydrogen-bond donors (Lipinski definition) is 1. The summed E-state index contributed by atoms with van der Waals surface area (Å²) in [5.41, 5.74) is 0.944. The Balaban J connectivity index is 1.89. The molecular formula is C13H16N2O2. The Kier molecular flexibility index (Phi) is 2.40. The summed E-state index contributed by atoms with van der Waals surface area (Å²) in [6.07, 6.45) is 3.61. The number of pyridine rings is 1. The fraction of sp³-hybridized carbons (Fsp3) is 0.538. The number of piperidine rings is 1. The molecule has 1 saturated carbocycles. The van der Waals surface area contributed by atoms with Gasteiger partial charge in [-0.15, -0.1) is 0 Å². The fourth-order valence-electron chi connectivity index (χ4n) is 3.27. The van der Waals surface area contributed by atoms with Gasteiger partial charge in [0.05, 0.1) is 24.3 Å². The summed E-state index contributed by atoms with van der Waals surface area (Å²) in [5, 5.41) is 3.52. The van der Waals surface area contributed by atoms with Gasteiger partial charge in [-0.2, -0.15) is 0 Å². The van der Waals surface area contributed by atoms with Crippen LogP contribution in [-0.2, 0) is 15.1 Å². The van der Waals surface area contributed by atoms with Crippen LogP contribution in [0.2, 0.25) is 0 Å². The molecule has 0 amide bonds. The molecule has 2 bridgehead atoms. The van der Waals surface area contributed by atoms with Crippen LogP contribution in [0.4, 0.5) is 0 Å². The number of methoxy groups -OCH3 is 1. The fourth-order valence-corrected chi connectivity index (χ4v) is 3.27. The number of rotatable bonds is 2. The average Bonchev–Trinajstić information content (AvgIpc) is 2.98. The van der Waals surface area contributed by atoms with Crippen molar-refractivity contribution in [1.82, 2.24) is 10.3 Å². The highest BCUT2D eigenvalue weighted by atomic mass is 16.5. The van der Waals surface area contributed by atoms with Gasteiger partial charge in [0, 0.05) is 6.20 Å². The Morgan fingerprint density at radius 3 is 3.12 bits per heavy atom. The Morgan fingerprint density at radius 2 is 2.41 bits per heavy atom. The summed E-state index contributed by atoms with van der Waals surface area (Å²) in [7, 11) is 1.47. The van der Waals surface area contributed by atoms with E-state index in [0.717, 1.165) is 25.1 Å². The Morgan fingerprint density at radius 1 is 1.53 bits per heavy atom. The zero-order valence-electron chi connectivity index (χ0n) is 9.85. The van der Waals surface area contributed by atoms with E-state index in [1.54, 1.807) is 0 Å². The minimum Gasteiger partial charge on any atom is -0.469 e. The third-order valence-corrected chi connectivity index (χ3v) is 4.11. The largest absolute Gasteiger partial charge is 0.469 e. The van der Waals surface area contributed by atoms with E-state index in [2.05, 4.69) is 10.3 Å². The average molecular weight is 232 g/mol. The molecule has 2 fully saturated rings. The Labute approximate surface area is 100 Å². The van der Waals surface area contributed by atoms with Gasteiger partial charge in [-0.05, 0) is 37.4 Å². The van der Waals surface area contributed by atoms with E-state index >= 15 is 0 Å². The van der Waals surface area contributed by atoms with Gasteiger partial charge in [0.1, 0.15) is 0 Å². The number of esters is 1. The molecule has 4 heteroatoms. The number of ether oxygens (including phenoxy) is 1. The van der Waals surface area contributed by atoms with Crippen LogP contribution in [0.15, 0.2) is 24.4 Å². The van der Waals surface area contributed by atoms with Crippen LogP contribution in [0.1, 0.15) is 18.5 Å². The van der Waals surface area contributed by atoms with Crippen LogP contribution in [-0.4, -0.2) is 24.6 Å². The molecule has 2 heterocycles. The molecule has 4 nitrogen and oxygen atoms in total. The summed E-state index contributed by atoms with van der Waals surface area (Å²) < 4.78 is 4.88. The highest BCUT2D eigenvalue weighted by Gasteiger charge is 2.54. The molecule has 0 radical (unpaired) electrons. The van der Waals surface area contributed by atoms with Gasteiger partial charge in [-0.1, -0.05) is 6.07 Å². The van der Waals surface area contributed by atoms with E-state index in [9.17, 15) is 4.79 Å².